The van der Waals surface area contributed by atoms with E-state index in [2.05, 4.69) is 0 Å². The lowest BCUT2D eigenvalue weighted by Gasteiger charge is -2.32. The van der Waals surface area contributed by atoms with Gasteiger partial charge in [0.1, 0.15) is 5.78 Å². The molecule has 1 saturated heterocycles. The maximum Gasteiger partial charge on any atom is 0.133 e. The number of aliphatic hydroxyl groups is 1. The van der Waals surface area contributed by atoms with Crippen LogP contribution in [0.15, 0.2) is 0 Å². The summed E-state index contributed by atoms with van der Waals surface area (Å²) < 4.78 is 5.53. The molecule has 0 aromatic heterocycles. The van der Waals surface area contributed by atoms with Crippen LogP contribution in [0.1, 0.15) is 51.4 Å². The highest BCUT2D eigenvalue weighted by atomic mass is 16.5. The van der Waals surface area contributed by atoms with Gasteiger partial charge in [-0.3, -0.25) is 4.79 Å². The molecule has 1 saturated carbocycles. The molecule has 86 valence electrons. The van der Waals surface area contributed by atoms with E-state index >= 15 is 0 Å². The van der Waals surface area contributed by atoms with Crippen molar-refractivity contribution in [3.63, 3.8) is 0 Å². The first kappa shape index (κ1) is 11.1. The Balaban J connectivity index is 1.74. The average molecular weight is 212 g/mol. The predicted molar refractivity (Wildman–Crippen MR) is 56.6 cm³/mol. The molecule has 2 aliphatic rings. The first-order valence-electron chi connectivity index (χ1n) is 6.04. The number of Topliss-reactive ketones (excluding diaryl/α,β-unsaturated/α-hetero) is 1. The van der Waals surface area contributed by atoms with Crippen LogP contribution in [-0.2, 0) is 9.53 Å². The van der Waals surface area contributed by atoms with E-state index in [9.17, 15) is 9.90 Å². The van der Waals surface area contributed by atoms with Crippen molar-refractivity contribution in [1.29, 1.82) is 0 Å². The molecule has 1 atom stereocenters. The molecule has 0 spiro atoms. The van der Waals surface area contributed by atoms with Crippen LogP contribution in [0.5, 0.6) is 0 Å². The van der Waals surface area contributed by atoms with Crippen LogP contribution in [0.3, 0.4) is 0 Å². The van der Waals surface area contributed by atoms with E-state index in [0.29, 0.717) is 37.6 Å². The zero-order valence-corrected chi connectivity index (χ0v) is 9.21. The second-order valence-electron chi connectivity index (χ2n) is 4.94. The molecule has 1 N–H and O–H groups in total. The van der Waals surface area contributed by atoms with Crippen molar-refractivity contribution in [2.75, 3.05) is 6.61 Å². The van der Waals surface area contributed by atoms with Crippen molar-refractivity contribution >= 4 is 5.78 Å². The van der Waals surface area contributed by atoms with Gasteiger partial charge in [-0.2, -0.15) is 0 Å². The number of hydrogen-bond donors (Lipinski definition) is 1. The topological polar surface area (TPSA) is 46.5 Å². The summed E-state index contributed by atoms with van der Waals surface area (Å²) in [6.45, 7) is 0.877. The molecule has 3 nitrogen and oxygen atoms in total. The third-order valence-electron chi connectivity index (χ3n) is 3.69. The Morgan fingerprint density at radius 2 is 2.13 bits per heavy atom. The Bertz CT molecular complexity index is 221. The monoisotopic (exact) mass is 212 g/mol. The molecule has 1 unspecified atom stereocenters. The van der Waals surface area contributed by atoms with Crippen LogP contribution >= 0.6 is 0 Å². The lowest BCUT2D eigenvalue weighted by atomic mass is 9.80. The smallest absolute Gasteiger partial charge is 0.133 e. The maximum atomic E-state index is 11.1. The highest BCUT2D eigenvalue weighted by Gasteiger charge is 2.33. The predicted octanol–water partition coefficient (Wildman–Crippen LogP) is 1.82. The van der Waals surface area contributed by atoms with Crippen molar-refractivity contribution in [2.24, 2.45) is 0 Å². The Labute approximate surface area is 90.8 Å². The van der Waals surface area contributed by atoms with Crippen molar-refractivity contribution < 1.29 is 14.6 Å². The molecular formula is C12H20O3. The number of ether oxygens (including phenoxy) is 1. The number of carbonyl (C=O) groups is 1. The van der Waals surface area contributed by atoms with Gasteiger partial charge in [-0.25, -0.2) is 0 Å². The van der Waals surface area contributed by atoms with Crippen molar-refractivity contribution in [1.82, 2.24) is 0 Å². The summed E-state index contributed by atoms with van der Waals surface area (Å²) in [6, 6.07) is 0. The fraction of sp³-hybridized carbons (Fsp3) is 0.917. The summed E-state index contributed by atoms with van der Waals surface area (Å²) in [7, 11) is 0. The molecule has 1 aliphatic carbocycles. The summed E-state index contributed by atoms with van der Waals surface area (Å²) in [5.41, 5.74) is -0.583. The normalized spacial score (nSPS) is 30.7. The fourth-order valence-electron chi connectivity index (χ4n) is 2.55. The SMILES string of the molecule is O=C1CCC(O)(CCC2CCCO2)CC1. The van der Waals surface area contributed by atoms with Gasteiger partial charge in [0, 0.05) is 19.4 Å². The molecule has 3 heteroatoms. The van der Waals surface area contributed by atoms with Gasteiger partial charge in [0.25, 0.3) is 0 Å². The molecule has 2 fully saturated rings. The first-order chi connectivity index (χ1) is 7.18. The molecule has 2 rings (SSSR count). The van der Waals surface area contributed by atoms with Gasteiger partial charge in [0.05, 0.1) is 11.7 Å². The third kappa shape index (κ3) is 3.02. The Morgan fingerprint density at radius 3 is 2.73 bits per heavy atom. The molecular weight excluding hydrogens is 192 g/mol. The average Bonchev–Trinajstić information content (AvgIpc) is 2.73. The summed E-state index contributed by atoms with van der Waals surface area (Å²) >= 11 is 0. The fourth-order valence-corrected chi connectivity index (χ4v) is 2.55. The molecule has 1 heterocycles. The minimum absolute atomic E-state index is 0.303. The molecule has 0 aromatic rings. The standard InChI is InChI=1S/C12H20O3/c13-10-3-6-12(14,7-4-10)8-5-11-2-1-9-15-11/h11,14H,1-9H2. The third-order valence-corrected chi connectivity index (χ3v) is 3.69. The second-order valence-corrected chi connectivity index (χ2v) is 4.94. The number of carbonyl (C=O) groups excluding carboxylic acids is 1. The van der Waals surface area contributed by atoms with Gasteiger partial charge >= 0.3 is 0 Å². The number of rotatable bonds is 3. The zero-order chi connectivity index (χ0) is 10.7. The number of hydrogen-bond acceptors (Lipinski definition) is 3. The van der Waals surface area contributed by atoms with E-state index in [1.807, 2.05) is 0 Å². The first-order valence-corrected chi connectivity index (χ1v) is 6.04. The van der Waals surface area contributed by atoms with Crippen molar-refractivity contribution in [3.05, 3.63) is 0 Å². The van der Waals surface area contributed by atoms with Crippen LogP contribution in [0.2, 0.25) is 0 Å². The van der Waals surface area contributed by atoms with E-state index in [1.54, 1.807) is 0 Å². The van der Waals surface area contributed by atoms with Crippen LogP contribution in [-0.4, -0.2) is 29.2 Å². The Morgan fingerprint density at radius 1 is 1.40 bits per heavy atom. The summed E-state index contributed by atoms with van der Waals surface area (Å²) in [6.07, 6.45) is 6.81. The van der Waals surface area contributed by atoms with Gasteiger partial charge in [-0.15, -0.1) is 0 Å². The Hall–Kier alpha value is -0.410. The lowest BCUT2D eigenvalue weighted by Crippen LogP contribution is -2.35. The lowest BCUT2D eigenvalue weighted by molar-refractivity contribution is -0.126. The van der Waals surface area contributed by atoms with Gasteiger partial charge in [-0.1, -0.05) is 0 Å². The highest BCUT2D eigenvalue weighted by Crippen LogP contribution is 2.32. The largest absolute Gasteiger partial charge is 0.390 e. The van der Waals surface area contributed by atoms with Crippen LogP contribution in [0.4, 0.5) is 0 Å². The van der Waals surface area contributed by atoms with Crippen LogP contribution in [0, 0.1) is 0 Å². The van der Waals surface area contributed by atoms with E-state index in [-0.39, 0.29) is 0 Å². The molecule has 0 aromatic carbocycles. The van der Waals surface area contributed by atoms with Crippen molar-refractivity contribution in [3.8, 4) is 0 Å². The van der Waals surface area contributed by atoms with Gasteiger partial charge in [0.2, 0.25) is 0 Å². The van der Waals surface area contributed by atoms with Gasteiger partial charge in [0.15, 0.2) is 0 Å². The maximum absolute atomic E-state index is 11.1. The molecule has 0 bridgehead atoms. The van der Waals surface area contributed by atoms with E-state index < -0.39 is 5.60 Å². The molecule has 0 amide bonds. The van der Waals surface area contributed by atoms with E-state index in [1.165, 1.54) is 0 Å². The summed E-state index contributed by atoms with van der Waals surface area (Å²) in [5, 5.41) is 10.2. The number of ketones is 1. The summed E-state index contributed by atoms with van der Waals surface area (Å²) in [5.74, 6) is 0.303. The second kappa shape index (κ2) is 4.62. The van der Waals surface area contributed by atoms with E-state index in [4.69, 9.17) is 4.74 Å². The zero-order valence-electron chi connectivity index (χ0n) is 9.21. The quantitative estimate of drug-likeness (QED) is 0.776. The van der Waals surface area contributed by atoms with Crippen LogP contribution in [0.25, 0.3) is 0 Å². The molecule has 0 radical (unpaired) electrons. The minimum atomic E-state index is -0.583. The molecule has 15 heavy (non-hydrogen) atoms. The van der Waals surface area contributed by atoms with Crippen molar-refractivity contribution in [2.45, 2.75) is 63.1 Å². The highest BCUT2D eigenvalue weighted by molar-refractivity contribution is 5.79. The van der Waals surface area contributed by atoms with Gasteiger partial charge in [-0.05, 0) is 38.5 Å². The minimum Gasteiger partial charge on any atom is -0.390 e. The molecule has 1 aliphatic heterocycles. The Kier molecular flexibility index (Phi) is 3.42. The van der Waals surface area contributed by atoms with E-state index in [0.717, 1.165) is 32.3 Å². The summed E-state index contributed by atoms with van der Waals surface area (Å²) in [4.78, 5) is 11.1. The van der Waals surface area contributed by atoms with Gasteiger partial charge < -0.3 is 9.84 Å². The van der Waals surface area contributed by atoms with Crippen LogP contribution < -0.4 is 0 Å².